The molecule has 2 amide bonds. The minimum atomic E-state index is -4.60. The molecule has 0 radical (unpaired) electrons. The third-order valence-corrected chi connectivity index (χ3v) is 3.59. The fraction of sp³-hybridized carbons (Fsp3) is 0.846. The maximum absolute atomic E-state index is 12.5. The number of urea groups is 1. The number of hydrogen-bond acceptors (Lipinski definition) is 2. The summed E-state index contributed by atoms with van der Waals surface area (Å²) >= 11 is 0. The van der Waals surface area contributed by atoms with Crippen molar-refractivity contribution in [3.05, 3.63) is 0 Å². The van der Waals surface area contributed by atoms with Gasteiger partial charge in [0.05, 0.1) is 0 Å². The highest BCUT2D eigenvalue weighted by Gasteiger charge is 2.38. The second kappa shape index (κ2) is 6.11. The summed E-state index contributed by atoms with van der Waals surface area (Å²) in [6.07, 6.45) is -0.686. The van der Waals surface area contributed by atoms with Crippen molar-refractivity contribution in [2.75, 3.05) is 26.2 Å². The highest BCUT2D eigenvalue weighted by Crippen LogP contribution is 2.34. The zero-order valence-corrected chi connectivity index (χ0v) is 11.6. The Hall–Kier alpha value is -1.47. The molecule has 2 saturated carbocycles. The van der Waals surface area contributed by atoms with Crippen molar-refractivity contribution >= 4 is 12.0 Å². The lowest BCUT2D eigenvalue weighted by molar-refractivity contribution is -0.149. The summed E-state index contributed by atoms with van der Waals surface area (Å²) in [6, 6.07) is -0.812. The summed E-state index contributed by atoms with van der Waals surface area (Å²) in [5, 5.41) is 8.72. The van der Waals surface area contributed by atoms with E-state index in [-0.39, 0.29) is 0 Å². The second-order valence-electron chi connectivity index (χ2n) is 5.94. The van der Waals surface area contributed by atoms with Gasteiger partial charge in [0.15, 0.2) is 0 Å². The molecular weight excluding hydrogens is 289 g/mol. The predicted molar refractivity (Wildman–Crippen MR) is 67.7 cm³/mol. The molecule has 0 heterocycles. The Balaban J connectivity index is 2.01. The lowest BCUT2D eigenvalue weighted by Crippen LogP contribution is -2.50. The lowest BCUT2D eigenvalue weighted by atomic mass is 10.3. The molecule has 0 aromatic rings. The molecule has 2 aliphatic carbocycles. The quantitative estimate of drug-likeness (QED) is 0.784. The highest BCUT2D eigenvalue weighted by molar-refractivity contribution is 5.80. The first-order chi connectivity index (χ1) is 9.74. The van der Waals surface area contributed by atoms with Crippen LogP contribution in [0.3, 0.4) is 0 Å². The molecule has 1 N–H and O–H groups in total. The van der Waals surface area contributed by atoms with Crippen LogP contribution in [0.5, 0.6) is 0 Å². The summed E-state index contributed by atoms with van der Waals surface area (Å²) in [6.45, 7) is -1.58. The molecule has 0 atom stereocenters. The van der Waals surface area contributed by atoms with Crippen LogP contribution in [0.4, 0.5) is 18.0 Å². The van der Waals surface area contributed by atoms with Crippen molar-refractivity contribution in [3.8, 4) is 0 Å². The first-order valence-electron chi connectivity index (χ1n) is 7.07. The fourth-order valence-corrected chi connectivity index (χ4v) is 2.23. The van der Waals surface area contributed by atoms with Crippen LogP contribution in [-0.4, -0.2) is 59.3 Å². The molecule has 0 aromatic carbocycles. The van der Waals surface area contributed by atoms with Gasteiger partial charge in [-0.2, -0.15) is 13.2 Å². The van der Waals surface area contributed by atoms with Gasteiger partial charge in [0.25, 0.3) is 0 Å². The molecule has 0 saturated heterocycles. The average Bonchev–Trinajstić information content (AvgIpc) is 3.18. The maximum Gasteiger partial charge on any atom is 0.406 e. The van der Waals surface area contributed by atoms with E-state index in [9.17, 15) is 22.8 Å². The van der Waals surface area contributed by atoms with Crippen LogP contribution in [0, 0.1) is 11.8 Å². The smallest absolute Gasteiger partial charge is 0.406 e. The zero-order chi connectivity index (χ0) is 15.6. The number of halogens is 3. The molecule has 21 heavy (non-hydrogen) atoms. The van der Waals surface area contributed by atoms with Crippen molar-refractivity contribution in [3.63, 3.8) is 0 Å². The summed E-state index contributed by atoms with van der Waals surface area (Å²) in [5.74, 6) is -0.735. The Morgan fingerprint density at radius 3 is 1.81 bits per heavy atom. The van der Waals surface area contributed by atoms with E-state index < -0.39 is 31.3 Å². The Bertz CT molecular complexity index is 392. The number of amides is 2. The van der Waals surface area contributed by atoms with E-state index in [1.807, 2.05) is 0 Å². The molecular formula is C13H19F3N2O3. The summed E-state index contributed by atoms with van der Waals surface area (Å²) < 4.78 is 37.6. The minimum absolute atomic E-state index is 0.352. The molecule has 2 fully saturated rings. The number of hydrogen-bond donors (Lipinski definition) is 1. The minimum Gasteiger partial charge on any atom is -0.480 e. The van der Waals surface area contributed by atoms with Crippen molar-refractivity contribution < 1.29 is 27.9 Å². The molecule has 0 aliphatic heterocycles. The Morgan fingerprint density at radius 2 is 1.48 bits per heavy atom. The molecule has 0 spiro atoms. The molecule has 5 nitrogen and oxygen atoms in total. The molecule has 2 aliphatic rings. The molecule has 120 valence electrons. The number of carboxylic acid groups (broad SMARTS) is 1. The average molecular weight is 308 g/mol. The van der Waals surface area contributed by atoms with E-state index in [4.69, 9.17) is 5.11 Å². The van der Waals surface area contributed by atoms with Crippen LogP contribution in [0.25, 0.3) is 0 Å². The van der Waals surface area contributed by atoms with Gasteiger partial charge in [-0.05, 0) is 37.5 Å². The number of carboxylic acids is 1. The second-order valence-corrected chi connectivity index (χ2v) is 5.94. The van der Waals surface area contributed by atoms with Crippen LogP contribution in [0.2, 0.25) is 0 Å². The standard InChI is InChI=1S/C13H19F3N2O3/c14-13(15,16)8-18(7-11(19)20)12(21)17(5-9-1-2-9)6-10-3-4-10/h9-10H,1-8H2,(H,19,20). The monoisotopic (exact) mass is 308 g/mol. The van der Waals surface area contributed by atoms with Crippen LogP contribution in [-0.2, 0) is 4.79 Å². The van der Waals surface area contributed by atoms with Crippen molar-refractivity contribution in [2.24, 2.45) is 11.8 Å². The van der Waals surface area contributed by atoms with E-state index >= 15 is 0 Å². The molecule has 0 bridgehead atoms. The number of alkyl halides is 3. The van der Waals surface area contributed by atoms with Crippen LogP contribution in [0.15, 0.2) is 0 Å². The van der Waals surface area contributed by atoms with Gasteiger partial charge >= 0.3 is 18.2 Å². The van der Waals surface area contributed by atoms with Gasteiger partial charge in [0, 0.05) is 13.1 Å². The number of aliphatic carboxylic acids is 1. The van der Waals surface area contributed by atoms with Crippen molar-refractivity contribution in [2.45, 2.75) is 31.9 Å². The zero-order valence-electron chi connectivity index (χ0n) is 11.6. The molecule has 2 rings (SSSR count). The van der Waals surface area contributed by atoms with E-state index in [0.717, 1.165) is 25.7 Å². The Labute approximate surface area is 120 Å². The van der Waals surface area contributed by atoms with Crippen molar-refractivity contribution in [1.82, 2.24) is 9.80 Å². The highest BCUT2D eigenvalue weighted by atomic mass is 19.4. The molecule has 8 heteroatoms. The predicted octanol–water partition coefficient (Wildman–Crippen LogP) is 2.18. The first kappa shape index (κ1) is 15.9. The fourth-order valence-electron chi connectivity index (χ4n) is 2.23. The number of carbonyl (C=O) groups excluding carboxylic acids is 1. The van der Waals surface area contributed by atoms with Crippen molar-refractivity contribution in [1.29, 1.82) is 0 Å². The summed E-state index contributed by atoms with van der Waals surface area (Å²) in [5.41, 5.74) is 0. The normalized spacial score (nSPS) is 18.4. The van der Waals surface area contributed by atoms with Gasteiger partial charge in [-0.15, -0.1) is 0 Å². The Kier molecular flexibility index (Phi) is 4.63. The van der Waals surface area contributed by atoms with Gasteiger partial charge in [0.1, 0.15) is 13.1 Å². The van der Waals surface area contributed by atoms with Gasteiger partial charge in [-0.3, -0.25) is 4.79 Å². The van der Waals surface area contributed by atoms with E-state index in [1.165, 1.54) is 4.90 Å². The van der Waals surface area contributed by atoms with Gasteiger partial charge in [0.2, 0.25) is 0 Å². The van der Waals surface area contributed by atoms with Crippen LogP contribution < -0.4 is 0 Å². The summed E-state index contributed by atoms with van der Waals surface area (Å²) in [4.78, 5) is 24.8. The Morgan fingerprint density at radius 1 is 1.00 bits per heavy atom. The third-order valence-electron chi connectivity index (χ3n) is 3.59. The third kappa shape index (κ3) is 5.81. The molecule has 0 aromatic heterocycles. The lowest BCUT2D eigenvalue weighted by Gasteiger charge is -2.30. The summed E-state index contributed by atoms with van der Waals surface area (Å²) in [7, 11) is 0. The van der Waals surface area contributed by atoms with E-state index in [2.05, 4.69) is 0 Å². The number of carbonyl (C=O) groups is 2. The topological polar surface area (TPSA) is 60.9 Å². The van der Waals surface area contributed by atoms with E-state index in [0.29, 0.717) is 29.8 Å². The van der Waals surface area contributed by atoms with Gasteiger partial charge in [-0.25, -0.2) is 4.79 Å². The van der Waals surface area contributed by atoms with Gasteiger partial charge < -0.3 is 14.9 Å². The number of nitrogens with zero attached hydrogens (tertiary/aromatic N) is 2. The van der Waals surface area contributed by atoms with Crippen LogP contribution >= 0.6 is 0 Å². The van der Waals surface area contributed by atoms with Crippen LogP contribution in [0.1, 0.15) is 25.7 Å². The molecule has 0 unspecified atom stereocenters. The first-order valence-corrected chi connectivity index (χ1v) is 7.07. The largest absolute Gasteiger partial charge is 0.480 e. The van der Waals surface area contributed by atoms with E-state index in [1.54, 1.807) is 0 Å². The number of rotatable bonds is 7. The maximum atomic E-state index is 12.5. The SMILES string of the molecule is O=C(O)CN(CC(F)(F)F)C(=O)N(CC1CC1)CC1CC1. The van der Waals surface area contributed by atoms with Gasteiger partial charge in [-0.1, -0.05) is 0 Å².